The van der Waals surface area contributed by atoms with Crippen molar-refractivity contribution in [3.05, 3.63) is 34.9 Å². The summed E-state index contributed by atoms with van der Waals surface area (Å²) >= 11 is 0. The Balaban J connectivity index is 1.71. The lowest BCUT2D eigenvalue weighted by Gasteiger charge is -2.32. The van der Waals surface area contributed by atoms with Gasteiger partial charge in [0.15, 0.2) is 0 Å². The molecule has 29 heavy (non-hydrogen) atoms. The van der Waals surface area contributed by atoms with Crippen LogP contribution in [0.4, 0.5) is 0 Å². The third kappa shape index (κ3) is 4.99. The summed E-state index contributed by atoms with van der Waals surface area (Å²) in [4.78, 5) is 17.1. The van der Waals surface area contributed by atoms with Gasteiger partial charge in [-0.3, -0.25) is 4.79 Å². The molecule has 2 fully saturated rings. The van der Waals surface area contributed by atoms with Gasteiger partial charge in [-0.05, 0) is 69.5 Å². The predicted octanol–water partition coefficient (Wildman–Crippen LogP) is 1.72. The van der Waals surface area contributed by atoms with E-state index in [1.165, 1.54) is 17.1 Å². The highest BCUT2D eigenvalue weighted by molar-refractivity contribution is 7.86. The molecule has 3 rings (SSSR count). The Morgan fingerprint density at radius 2 is 1.79 bits per heavy atom. The Kier molecular flexibility index (Phi) is 6.98. The molecule has 0 saturated carbocycles. The van der Waals surface area contributed by atoms with Gasteiger partial charge >= 0.3 is 0 Å². The summed E-state index contributed by atoms with van der Waals surface area (Å²) in [5, 5.41) is 0. The van der Waals surface area contributed by atoms with Crippen LogP contribution in [-0.4, -0.2) is 92.1 Å². The van der Waals surface area contributed by atoms with Crippen molar-refractivity contribution in [2.24, 2.45) is 0 Å². The Morgan fingerprint density at radius 3 is 2.41 bits per heavy atom. The van der Waals surface area contributed by atoms with Crippen molar-refractivity contribution in [3.63, 3.8) is 0 Å². The average Bonchev–Trinajstić information content (AvgIpc) is 3.35. The Labute approximate surface area is 175 Å². The zero-order chi connectivity index (χ0) is 21.2. The number of likely N-dealkylation sites (tertiary alicyclic amines) is 2. The summed E-state index contributed by atoms with van der Waals surface area (Å²) in [5.74, 6) is -0.0163. The van der Waals surface area contributed by atoms with Crippen LogP contribution in [0.5, 0.6) is 0 Å². The molecule has 1 atom stereocenters. The van der Waals surface area contributed by atoms with Crippen LogP contribution in [0.1, 0.15) is 40.7 Å². The number of hydrogen-bond donors (Lipinski definition) is 0. The third-order valence-corrected chi connectivity index (χ3v) is 8.20. The maximum Gasteiger partial charge on any atom is 0.281 e. The van der Waals surface area contributed by atoms with E-state index < -0.39 is 10.2 Å². The van der Waals surface area contributed by atoms with E-state index >= 15 is 0 Å². The lowest BCUT2D eigenvalue weighted by atomic mass is 10.1. The molecule has 162 valence electrons. The second-order valence-electron chi connectivity index (χ2n) is 8.44. The molecular formula is C21H34N4O3S. The second-order valence-corrected chi connectivity index (χ2v) is 10.5. The smallest absolute Gasteiger partial charge is 0.281 e. The number of carbonyl (C=O) groups is 1. The van der Waals surface area contributed by atoms with Crippen molar-refractivity contribution < 1.29 is 13.2 Å². The molecule has 2 aliphatic rings. The molecule has 1 aromatic rings. The molecule has 7 nitrogen and oxygen atoms in total. The van der Waals surface area contributed by atoms with Crippen LogP contribution >= 0.6 is 0 Å². The Hall–Kier alpha value is -1.48. The van der Waals surface area contributed by atoms with E-state index in [0.717, 1.165) is 30.8 Å². The van der Waals surface area contributed by atoms with Gasteiger partial charge in [0, 0.05) is 51.9 Å². The van der Waals surface area contributed by atoms with Crippen LogP contribution in [0.3, 0.4) is 0 Å². The lowest BCUT2D eigenvalue weighted by Crippen LogP contribution is -2.50. The monoisotopic (exact) mass is 422 g/mol. The van der Waals surface area contributed by atoms with Gasteiger partial charge in [0.05, 0.1) is 0 Å². The third-order valence-electron chi connectivity index (χ3n) is 6.20. The van der Waals surface area contributed by atoms with E-state index in [1.807, 2.05) is 32.0 Å². The Bertz CT molecular complexity index is 834. The van der Waals surface area contributed by atoms with E-state index in [1.54, 1.807) is 23.3 Å². The first-order valence-electron chi connectivity index (χ1n) is 10.5. The van der Waals surface area contributed by atoms with Crippen LogP contribution in [0.15, 0.2) is 18.2 Å². The highest BCUT2D eigenvalue weighted by Crippen LogP contribution is 2.23. The van der Waals surface area contributed by atoms with Crippen LogP contribution in [-0.2, 0) is 10.2 Å². The van der Waals surface area contributed by atoms with Gasteiger partial charge in [0.1, 0.15) is 0 Å². The summed E-state index contributed by atoms with van der Waals surface area (Å²) in [7, 11) is -0.389. The van der Waals surface area contributed by atoms with Crippen molar-refractivity contribution in [1.82, 2.24) is 18.4 Å². The molecule has 0 bridgehead atoms. The normalized spacial score (nSPS) is 20.9. The fourth-order valence-electron chi connectivity index (χ4n) is 4.16. The SMILES string of the molecule is Cc1ccc(C(=O)N2CCC(N(CCN3CCCC3)S(=O)(=O)N(C)C)C2)cc1C. The van der Waals surface area contributed by atoms with Crippen molar-refractivity contribution in [2.75, 3.05) is 53.4 Å². The number of benzene rings is 1. The Morgan fingerprint density at radius 1 is 1.10 bits per heavy atom. The molecule has 1 amide bonds. The lowest BCUT2D eigenvalue weighted by molar-refractivity contribution is 0.0783. The predicted molar refractivity (Wildman–Crippen MR) is 115 cm³/mol. The molecule has 0 radical (unpaired) electrons. The van der Waals surface area contributed by atoms with Gasteiger partial charge in [0.2, 0.25) is 0 Å². The number of amides is 1. The molecule has 0 aliphatic carbocycles. The van der Waals surface area contributed by atoms with Gasteiger partial charge in [-0.2, -0.15) is 17.0 Å². The molecule has 2 aliphatic heterocycles. The summed E-state index contributed by atoms with van der Waals surface area (Å²) in [5.41, 5.74) is 2.92. The van der Waals surface area contributed by atoms with Gasteiger partial charge in [-0.15, -0.1) is 0 Å². The van der Waals surface area contributed by atoms with Crippen molar-refractivity contribution in [3.8, 4) is 0 Å². The first kappa shape index (κ1) is 22.2. The number of hydrogen-bond acceptors (Lipinski definition) is 4. The van der Waals surface area contributed by atoms with Crippen LogP contribution < -0.4 is 0 Å². The van der Waals surface area contributed by atoms with Gasteiger partial charge in [0.25, 0.3) is 16.1 Å². The second kappa shape index (κ2) is 9.12. The number of carbonyl (C=O) groups excluding carboxylic acids is 1. The number of aryl methyl sites for hydroxylation is 2. The molecule has 1 unspecified atom stereocenters. The molecule has 2 saturated heterocycles. The first-order valence-corrected chi connectivity index (χ1v) is 11.9. The number of nitrogens with zero attached hydrogens (tertiary/aromatic N) is 4. The van der Waals surface area contributed by atoms with Crippen LogP contribution in [0.25, 0.3) is 0 Å². The molecule has 1 aromatic carbocycles. The average molecular weight is 423 g/mol. The molecule has 0 N–H and O–H groups in total. The standard InChI is InChI=1S/C21H34N4O3S/c1-17-7-8-19(15-18(17)2)21(26)24-12-9-20(16-24)25(29(27,28)22(3)4)14-13-23-10-5-6-11-23/h7-8,15,20H,5-6,9-14,16H2,1-4H3. The minimum Gasteiger partial charge on any atom is -0.337 e. The summed E-state index contributed by atoms with van der Waals surface area (Å²) in [6.07, 6.45) is 3.04. The van der Waals surface area contributed by atoms with E-state index in [0.29, 0.717) is 31.6 Å². The minimum absolute atomic E-state index is 0.0163. The van der Waals surface area contributed by atoms with Crippen LogP contribution in [0.2, 0.25) is 0 Å². The minimum atomic E-state index is -3.54. The summed E-state index contributed by atoms with van der Waals surface area (Å²) in [6, 6.07) is 5.57. The van der Waals surface area contributed by atoms with Crippen molar-refractivity contribution in [1.29, 1.82) is 0 Å². The van der Waals surface area contributed by atoms with E-state index in [2.05, 4.69) is 4.90 Å². The topological polar surface area (TPSA) is 64.2 Å². The molecule has 0 aromatic heterocycles. The molecule has 0 spiro atoms. The first-order chi connectivity index (χ1) is 13.7. The van der Waals surface area contributed by atoms with Gasteiger partial charge in [-0.25, -0.2) is 0 Å². The maximum atomic E-state index is 13.0. The fraction of sp³-hybridized carbons (Fsp3) is 0.667. The molecule has 8 heteroatoms. The summed E-state index contributed by atoms with van der Waals surface area (Å²) < 4.78 is 28.9. The van der Waals surface area contributed by atoms with Crippen molar-refractivity contribution in [2.45, 2.75) is 39.2 Å². The fourth-order valence-corrected chi connectivity index (χ4v) is 5.44. The number of rotatable bonds is 7. The summed E-state index contributed by atoms with van der Waals surface area (Å²) in [6.45, 7) is 8.35. The zero-order valence-corrected chi connectivity index (χ0v) is 18.9. The zero-order valence-electron chi connectivity index (χ0n) is 18.1. The van der Waals surface area contributed by atoms with E-state index in [9.17, 15) is 13.2 Å². The van der Waals surface area contributed by atoms with Gasteiger partial charge < -0.3 is 9.80 Å². The molecule has 2 heterocycles. The van der Waals surface area contributed by atoms with Crippen molar-refractivity contribution >= 4 is 16.1 Å². The van der Waals surface area contributed by atoms with Gasteiger partial charge in [-0.1, -0.05) is 6.07 Å². The molecular weight excluding hydrogens is 388 g/mol. The quantitative estimate of drug-likeness (QED) is 0.671. The van der Waals surface area contributed by atoms with Crippen LogP contribution in [0, 0.1) is 13.8 Å². The largest absolute Gasteiger partial charge is 0.337 e. The van der Waals surface area contributed by atoms with E-state index in [4.69, 9.17) is 0 Å². The van der Waals surface area contributed by atoms with E-state index in [-0.39, 0.29) is 11.9 Å². The maximum absolute atomic E-state index is 13.0. The highest BCUT2D eigenvalue weighted by atomic mass is 32.2. The highest BCUT2D eigenvalue weighted by Gasteiger charge is 2.38.